The number of carbonyl (C=O) groups excluding carboxylic acids is 1. The highest BCUT2D eigenvalue weighted by molar-refractivity contribution is 5.68. The van der Waals surface area contributed by atoms with Gasteiger partial charge in [0.2, 0.25) is 0 Å². The van der Waals surface area contributed by atoms with E-state index in [9.17, 15) is 4.79 Å². The average Bonchev–Trinajstić information content (AvgIpc) is 3.19. The fraction of sp³-hybridized carbons (Fsp3) is 0.938. The molecule has 2 rings (SSSR count). The van der Waals surface area contributed by atoms with Gasteiger partial charge in [-0.25, -0.2) is 4.79 Å². The molecule has 5 nitrogen and oxygen atoms in total. The molecule has 122 valence electrons. The Bertz CT molecular complexity index is 329. The lowest BCUT2D eigenvalue weighted by Crippen LogP contribution is -2.47. The van der Waals surface area contributed by atoms with Gasteiger partial charge in [-0.2, -0.15) is 0 Å². The van der Waals surface area contributed by atoms with E-state index in [-0.39, 0.29) is 12.1 Å². The van der Waals surface area contributed by atoms with Crippen LogP contribution in [-0.4, -0.2) is 43.4 Å². The number of hydrogen-bond acceptors (Lipinski definition) is 4. The van der Waals surface area contributed by atoms with Gasteiger partial charge < -0.3 is 20.7 Å². The predicted molar refractivity (Wildman–Crippen MR) is 84.4 cm³/mol. The lowest BCUT2D eigenvalue weighted by Gasteiger charge is -2.25. The van der Waals surface area contributed by atoms with Gasteiger partial charge >= 0.3 is 6.09 Å². The highest BCUT2D eigenvalue weighted by atomic mass is 16.6. The van der Waals surface area contributed by atoms with Crippen LogP contribution in [0.2, 0.25) is 0 Å². The van der Waals surface area contributed by atoms with Crippen molar-refractivity contribution in [2.45, 2.75) is 70.6 Å². The molecule has 21 heavy (non-hydrogen) atoms. The number of amides is 1. The van der Waals surface area contributed by atoms with E-state index in [0.29, 0.717) is 12.0 Å². The third kappa shape index (κ3) is 6.66. The Morgan fingerprint density at radius 3 is 2.67 bits per heavy atom. The van der Waals surface area contributed by atoms with Crippen molar-refractivity contribution in [3.8, 4) is 0 Å². The third-order valence-corrected chi connectivity index (χ3v) is 4.10. The topological polar surface area (TPSA) is 62.4 Å². The van der Waals surface area contributed by atoms with Crippen molar-refractivity contribution in [3.63, 3.8) is 0 Å². The Labute approximate surface area is 128 Å². The van der Waals surface area contributed by atoms with Crippen LogP contribution in [-0.2, 0) is 4.74 Å². The molecule has 1 saturated heterocycles. The number of alkyl carbamates (subject to hydrolysis) is 1. The van der Waals surface area contributed by atoms with Gasteiger partial charge in [0, 0.05) is 18.6 Å². The van der Waals surface area contributed by atoms with E-state index < -0.39 is 5.60 Å². The zero-order chi connectivity index (χ0) is 15.3. The highest BCUT2D eigenvalue weighted by Crippen LogP contribution is 2.32. The molecule has 0 spiro atoms. The van der Waals surface area contributed by atoms with E-state index in [1.165, 1.54) is 32.1 Å². The van der Waals surface area contributed by atoms with Crippen LogP contribution in [0.5, 0.6) is 0 Å². The Hall–Kier alpha value is -0.810. The Kier molecular flexibility index (Phi) is 5.88. The normalized spacial score (nSPS) is 25.0. The molecule has 1 heterocycles. The number of ether oxygens (including phenoxy) is 1. The molecule has 2 fully saturated rings. The SMILES string of the molecule is CC(C)(C)OC(=O)NC(CNC1CCCNCC1)C1CC1. The number of nitrogens with one attached hydrogen (secondary N) is 3. The minimum absolute atomic E-state index is 0.205. The lowest BCUT2D eigenvalue weighted by molar-refractivity contribution is 0.0496. The van der Waals surface area contributed by atoms with Gasteiger partial charge in [-0.05, 0) is 71.9 Å². The summed E-state index contributed by atoms with van der Waals surface area (Å²) in [5, 5.41) is 10.1. The van der Waals surface area contributed by atoms with Crippen molar-refractivity contribution in [1.29, 1.82) is 0 Å². The second kappa shape index (κ2) is 7.45. The monoisotopic (exact) mass is 297 g/mol. The van der Waals surface area contributed by atoms with Gasteiger partial charge in [0.25, 0.3) is 0 Å². The van der Waals surface area contributed by atoms with Crippen LogP contribution in [0.1, 0.15) is 52.9 Å². The largest absolute Gasteiger partial charge is 0.444 e. The van der Waals surface area contributed by atoms with Crippen molar-refractivity contribution < 1.29 is 9.53 Å². The molecule has 3 N–H and O–H groups in total. The molecule has 5 heteroatoms. The first-order valence-corrected chi connectivity index (χ1v) is 8.37. The summed E-state index contributed by atoms with van der Waals surface area (Å²) in [7, 11) is 0. The Morgan fingerprint density at radius 1 is 1.24 bits per heavy atom. The summed E-state index contributed by atoms with van der Waals surface area (Å²) < 4.78 is 5.37. The van der Waals surface area contributed by atoms with Gasteiger partial charge in [-0.15, -0.1) is 0 Å². The second-order valence-electron chi connectivity index (χ2n) is 7.38. The van der Waals surface area contributed by atoms with Gasteiger partial charge in [0.15, 0.2) is 0 Å². The maximum absolute atomic E-state index is 11.9. The minimum atomic E-state index is -0.432. The maximum atomic E-state index is 11.9. The number of rotatable bonds is 5. The van der Waals surface area contributed by atoms with Crippen molar-refractivity contribution in [2.75, 3.05) is 19.6 Å². The van der Waals surface area contributed by atoms with E-state index in [1.54, 1.807) is 0 Å². The first-order valence-electron chi connectivity index (χ1n) is 8.37. The van der Waals surface area contributed by atoms with Crippen LogP contribution in [0.3, 0.4) is 0 Å². The summed E-state index contributed by atoms with van der Waals surface area (Å²) >= 11 is 0. The zero-order valence-corrected chi connectivity index (χ0v) is 13.7. The van der Waals surface area contributed by atoms with E-state index in [4.69, 9.17) is 4.74 Å². The van der Waals surface area contributed by atoms with Gasteiger partial charge in [-0.3, -0.25) is 0 Å². The molecule has 0 bridgehead atoms. The molecule has 1 saturated carbocycles. The molecule has 0 aromatic rings. The first-order chi connectivity index (χ1) is 9.94. The highest BCUT2D eigenvalue weighted by Gasteiger charge is 2.33. The smallest absolute Gasteiger partial charge is 0.407 e. The van der Waals surface area contributed by atoms with Crippen LogP contribution in [0.15, 0.2) is 0 Å². The fourth-order valence-electron chi connectivity index (χ4n) is 2.81. The molecule has 0 aromatic heterocycles. The van der Waals surface area contributed by atoms with E-state index in [2.05, 4.69) is 16.0 Å². The molecule has 1 aliphatic heterocycles. The minimum Gasteiger partial charge on any atom is -0.444 e. The van der Waals surface area contributed by atoms with Crippen molar-refractivity contribution >= 4 is 6.09 Å². The first kappa shape index (κ1) is 16.6. The molecule has 2 atom stereocenters. The summed E-state index contributed by atoms with van der Waals surface area (Å²) in [6, 6.07) is 0.776. The van der Waals surface area contributed by atoms with Crippen LogP contribution in [0, 0.1) is 5.92 Å². The van der Waals surface area contributed by atoms with Crippen molar-refractivity contribution in [3.05, 3.63) is 0 Å². The molecule has 1 aliphatic carbocycles. The quantitative estimate of drug-likeness (QED) is 0.726. The van der Waals surface area contributed by atoms with E-state index >= 15 is 0 Å². The molecular formula is C16H31N3O2. The summed E-state index contributed by atoms with van der Waals surface area (Å²) in [4.78, 5) is 11.9. The number of hydrogen-bond donors (Lipinski definition) is 3. The zero-order valence-electron chi connectivity index (χ0n) is 13.7. The van der Waals surface area contributed by atoms with Gasteiger partial charge in [0.1, 0.15) is 5.60 Å². The molecule has 1 amide bonds. The van der Waals surface area contributed by atoms with E-state index in [1.807, 2.05) is 20.8 Å². The Balaban J connectivity index is 1.75. The van der Waals surface area contributed by atoms with Crippen LogP contribution in [0.4, 0.5) is 4.79 Å². The van der Waals surface area contributed by atoms with Crippen LogP contribution < -0.4 is 16.0 Å². The fourth-order valence-corrected chi connectivity index (χ4v) is 2.81. The van der Waals surface area contributed by atoms with Gasteiger partial charge in [0.05, 0.1) is 0 Å². The predicted octanol–water partition coefficient (Wildman–Crippen LogP) is 2.02. The average molecular weight is 297 g/mol. The molecule has 0 radical (unpaired) electrons. The van der Waals surface area contributed by atoms with Crippen LogP contribution in [0.25, 0.3) is 0 Å². The molecule has 0 aromatic carbocycles. The number of carbonyl (C=O) groups is 1. The third-order valence-electron chi connectivity index (χ3n) is 4.10. The molecular weight excluding hydrogens is 266 g/mol. The van der Waals surface area contributed by atoms with Crippen molar-refractivity contribution in [2.24, 2.45) is 5.92 Å². The van der Waals surface area contributed by atoms with E-state index in [0.717, 1.165) is 19.6 Å². The second-order valence-corrected chi connectivity index (χ2v) is 7.38. The van der Waals surface area contributed by atoms with Crippen molar-refractivity contribution in [1.82, 2.24) is 16.0 Å². The molecule has 2 aliphatic rings. The lowest BCUT2D eigenvalue weighted by atomic mass is 10.1. The summed E-state index contributed by atoms with van der Waals surface area (Å²) in [6.45, 7) is 8.76. The summed E-state index contributed by atoms with van der Waals surface area (Å²) in [5.41, 5.74) is -0.432. The Morgan fingerprint density at radius 2 is 2.00 bits per heavy atom. The molecule has 2 unspecified atom stereocenters. The van der Waals surface area contributed by atoms with Gasteiger partial charge in [-0.1, -0.05) is 0 Å². The standard InChI is InChI=1S/C16H31N3O2/c1-16(2,3)21-15(20)19-14(12-6-7-12)11-18-13-5-4-9-17-10-8-13/h12-14,17-18H,4-11H2,1-3H3,(H,19,20). The van der Waals surface area contributed by atoms with Crippen LogP contribution >= 0.6 is 0 Å². The summed E-state index contributed by atoms with van der Waals surface area (Å²) in [6.07, 6.45) is 5.76. The summed E-state index contributed by atoms with van der Waals surface area (Å²) in [5.74, 6) is 0.619. The maximum Gasteiger partial charge on any atom is 0.407 e.